The van der Waals surface area contributed by atoms with E-state index < -0.39 is 152 Å². The third kappa shape index (κ3) is 7.38. The maximum Gasteiger partial charge on any atom is 0.338 e. The molecule has 66 heavy (non-hydrogen) atoms. The first-order chi connectivity index (χ1) is 31.1. The summed E-state index contributed by atoms with van der Waals surface area (Å²) in [5.74, 6) is -15.5. The van der Waals surface area contributed by atoms with Crippen LogP contribution in [0, 0.1) is 6.92 Å². The smallest absolute Gasteiger partial charge is 0.338 e. The van der Waals surface area contributed by atoms with Crippen molar-refractivity contribution in [3.05, 3.63) is 99.6 Å². The molecule has 360 valence electrons. The number of hydrogen-bond donors (Lipinski definition) is 15. The van der Waals surface area contributed by atoms with Gasteiger partial charge in [-0.3, -0.25) is 0 Å². The van der Waals surface area contributed by atoms with Crippen LogP contribution >= 0.6 is 0 Å². The number of aromatic hydroxyl groups is 15. The van der Waals surface area contributed by atoms with Gasteiger partial charge in [-0.1, -0.05) is 0 Å². The minimum absolute atomic E-state index is 0. The Hall–Kier alpha value is -9.14. The zero-order valence-corrected chi connectivity index (χ0v) is 33.7. The van der Waals surface area contributed by atoms with Gasteiger partial charge < -0.3 is 95.5 Å². The van der Waals surface area contributed by atoms with E-state index in [1.807, 2.05) is 0 Å². The number of carbonyl (C=O) groups excluding carboxylic acids is 2. The fraction of sp³-hybridized carbons (Fsp3) is 0.156. The summed E-state index contributed by atoms with van der Waals surface area (Å²) >= 11 is 0. The number of phenols is 15. The maximum atomic E-state index is 13.7. The standard InChI is InChI=1S/C45H36O21.9H2/c1-14-35(21(10-29(54)37(14)56)42-33(12-19-23(48)6-17(46)8-31(19)63-42)65-44(61)15-2-25(50)38(57)26(51)3-15)36-22(11-30(55)40(59)41(36)60)43-34(13-20-24(49)7-18(47)9-32(20)64-43)66-45(62)16-4-27(52)39(58)28(53)5-16;;;;;;;;;/h2-11,33-34,42-43,46-60H,12-13H2,1H3;9*1H/t33?,34?,42-,43+;;;;;;;;;/m1........./s1. The Kier molecular flexibility index (Phi) is 10.5. The van der Waals surface area contributed by atoms with Crippen molar-refractivity contribution >= 4 is 11.9 Å². The normalized spacial score (nSPS) is 17.4. The van der Waals surface area contributed by atoms with Crippen molar-refractivity contribution in [1.82, 2.24) is 0 Å². The predicted octanol–water partition coefficient (Wildman–Crippen LogP) is 7.26. The van der Waals surface area contributed by atoms with Gasteiger partial charge in [-0.15, -0.1) is 0 Å². The molecule has 8 rings (SSSR count). The van der Waals surface area contributed by atoms with Crippen molar-refractivity contribution in [3.8, 4) is 109 Å². The number of rotatable bonds is 7. The largest absolute Gasteiger partial charge is 0.508 e. The van der Waals surface area contributed by atoms with Gasteiger partial charge in [0.1, 0.15) is 46.7 Å². The molecule has 0 aromatic heterocycles. The minimum Gasteiger partial charge on any atom is -0.508 e. The Morgan fingerprint density at radius 3 is 1.23 bits per heavy atom. The van der Waals surface area contributed by atoms with Gasteiger partial charge in [0.25, 0.3) is 0 Å². The average Bonchev–Trinajstić information content (AvgIpc) is 3.25. The molecule has 2 aliphatic rings. The lowest BCUT2D eigenvalue weighted by Crippen LogP contribution is -2.36. The lowest BCUT2D eigenvalue weighted by atomic mass is 9.82. The summed E-state index contributed by atoms with van der Waals surface area (Å²) in [4.78, 5) is 27.4. The Morgan fingerprint density at radius 1 is 0.455 bits per heavy atom. The van der Waals surface area contributed by atoms with Crippen LogP contribution in [0.15, 0.2) is 60.7 Å². The van der Waals surface area contributed by atoms with Crippen LogP contribution in [0.2, 0.25) is 0 Å². The number of benzene rings is 6. The SMILES string of the molecule is Cc1c(O)c(O)cc([C@H]2Oc3cc(O)cc(O)c3CC2OC(=O)c2cc(O)c(O)c(O)c2)c1-c1c([C@@H]2Oc3cc(O)cc(O)c3CC2OC(=O)c2cc(O)c(O)c(O)c2)cc(O)c(O)c1O.[HH].[HH].[HH].[HH].[HH].[HH].[HH].[HH].[HH]. The van der Waals surface area contributed by atoms with E-state index in [0.717, 1.165) is 60.7 Å². The van der Waals surface area contributed by atoms with Crippen molar-refractivity contribution in [2.45, 2.75) is 44.2 Å². The summed E-state index contributed by atoms with van der Waals surface area (Å²) in [7, 11) is 0. The first-order valence-corrected chi connectivity index (χ1v) is 19.3. The number of carbonyl (C=O) groups is 2. The molecule has 0 aliphatic carbocycles. The van der Waals surface area contributed by atoms with E-state index in [9.17, 15) is 86.2 Å². The van der Waals surface area contributed by atoms with E-state index in [-0.39, 0.29) is 57.7 Å². The molecule has 6 aromatic rings. The van der Waals surface area contributed by atoms with Crippen LogP contribution in [0.5, 0.6) is 97.7 Å². The molecule has 0 saturated heterocycles. The molecular formula is C45H54O21. The molecule has 6 aromatic carbocycles. The molecule has 0 fully saturated rings. The second-order valence-corrected chi connectivity index (χ2v) is 15.4. The molecule has 0 saturated carbocycles. The van der Waals surface area contributed by atoms with Gasteiger partial charge >= 0.3 is 11.9 Å². The van der Waals surface area contributed by atoms with Crippen molar-refractivity contribution in [2.75, 3.05) is 0 Å². The van der Waals surface area contributed by atoms with Crippen molar-refractivity contribution in [3.63, 3.8) is 0 Å². The van der Waals surface area contributed by atoms with Crippen molar-refractivity contribution < 1.29 is 118 Å². The Morgan fingerprint density at radius 2 is 0.818 bits per heavy atom. The number of phenolic OH excluding ortho intramolecular Hbond substituents is 15. The van der Waals surface area contributed by atoms with E-state index in [1.165, 1.54) is 6.92 Å². The van der Waals surface area contributed by atoms with Crippen molar-refractivity contribution in [2.24, 2.45) is 0 Å². The van der Waals surface area contributed by atoms with E-state index in [1.54, 1.807) is 0 Å². The van der Waals surface area contributed by atoms with Gasteiger partial charge in [-0.2, -0.15) is 0 Å². The lowest BCUT2D eigenvalue weighted by molar-refractivity contribution is -0.0196. The molecular weight excluding hydrogens is 876 g/mol. The van der Waals surface area contributed by atoms with Crippen LogP contribution in [0.1, 0.15) is 73.6 Å². The van der Waals surface area contributed by atoms with Crippen LogP contribution in [0.4, 0.5) is 0 Å². The highest BCUT2D eigenvalue weighted by molar-refractivity contribution is 5.92. The van der Waals surface area contributed by atoms with Gasteiger partial charge in [0.2, 0.25) is 5.75 Å². The number of esters is 2. The monoisotopic (exact) mass is 930 g/mol. The number of hydrogen-bond acceptors (Lipinski definition) is 21. The highest BCUT2D eigenvalue weighted by Gasteiger charge is 2.43. The second kappa shape index (κ2) is 15.9. The van der Waals surface area contributed by atoms with Gasteiger partial charge in [-0.05, 0) is 48.9 Å². The van der Waals surface area contributed by atoms with Gasteiger partial charge in [0.15, 0.2) is 69.7 Å². The van der Waals surface area contributed by atoms with Gasteiger partial charge in [0, 0.05) is 83.3 Å². The summed E-state index contributed by atoms with van der Waals surface area (Å²) in [6, 6.07) is 8.90. The van der Waals surface area contributed by atoms with E-state index in [4.69, 9.17) is 18.9 Å². The summed E-state index contributed by atoms with van der Waals surface area (Å²) in [5, 5.41) is 159. The molecule has 2 aliphatic heterocycles. The maximum absolute atomic E-state index is 13.7. The molecule has 2 heterocycles. The zero-order valence-electron chi connectivity index (χ0n) is 33.7. The van der Waals surface area contributed by atoms with Crippen LogP contribution in [0.3, 0.4) is 0 Å². The van der Waals surface area contributed by atoms with Gasteiger partial charge in [0.05, 0.1) is 11.1 Å². The fourth-order valence-corrected chi connectivity index (χ4v) is 8.01. The predicted molar refractivity (Wildman–Crippen MR) is 239 cm³/mol. The van der Waals surface area contributed by atoms with E-state index in [2.05, 4.69) is 0 Å². The molecule has 0 bridgehead atoms. The van der Waals surface area contributed by atoms with Crippen LogP contribution in [-0.4, -0.2) is 101 Å². The van der Waals surface area contributed by atoms with Crippen LogP contribution < -0.4 is 9.47 Å². The molecule has 15 N–H and O–H groups in total. The molecule has 0 spiro atoms. The molecule has 21 heteroatoms. The quantitative estimate of drug-likeness (QED) is 0.0552. The first-order valence-electron chi connectivity index (χ1n) is 19.3. The van der Waals surface area contributed by atoms with E-state index >= 15 is 0 Å². The zero-order chi connectivity index (χ0) is 47.8. The second-order valence-electron chi connectivity index (χ2n) is 15.4. The summed E-state index contributed by atoms with van der Waals surface area (Å²) in [6.45, 7) is 1.23. The molecule has 4 atom stereocenters. The van der Waals surface area contributed by atoms with Crippen LogP contribution in [-0.2, 0) is 22.3 Å². The number of fused-ring (bicyclic) bond motifs is 2. The first kappa shape index (κ1) is 43.5. The fourth-order valence-electron chi connectivity index (χ4n) is 8.01. The van der Waals surface area contributed by atoms with E-state index in [0.29, 0.717) is 0 Å². The Balaban J connectivity index is 0. The summed E-state index contributed by atoms with van der Waals surface area (Å²) in [5.41, 5.74) is -2.92. The molecule has 2 unspecified atom stereocenters. The number of ether oxygens (including phenoxy) is 4. The molecule has 21 nitrogen and oxygen atoms in total. The third-order valence-electron chi connectivity index (χ3n) is 11.2. The Bertz CT molecular complexity index is 2820. The molecule has 0 amide bonds. The highest BCUT2D eigenvalue weighted by atomic mass is 16.6. The van der Waals surface area contributed by atoms with Crippen molar-refractivity contribution in [1.29, 1.82) is 0 Å². The highest BCUT2D eigenvalue weighted by Crippen LogP contribution is 2.56. The summed E-state index contributed by atoms with van der Waals surface area (Å²) in [6.07, 6.45) is -7.64. The third-order valence-corrected chi connectivity index (χ3v) is 11.2. The molecule has 0 radical (unpaired) electrons. The van der Waals surface area contributed by atoms with Crippen LogP contribution in [0.25, 0.3) is 11.1 Å². The Labute approximate surface area is 382 Å². The minimum atomic E-state index is -1.76. The topological polar surface area (TPSA) is 375 Å². The average molecular weight is 931 g/mol. The lowest BCUT2D eigenvalue weighted by Gasteiger charge is -2.37. The van der Waals surface area contributed by atoms with Gasteiger partial charge in [-0.25, -0.2) is 9.59 Å². The summed E-state index contributed by atoms with van der Waals surface area (Å²) < 4.78 is 24.2.